The van der Waals surface area contributed by atoms with Crippen LogP contribution >= 0.6 is 0 Å². The zero-order valence-corrected chi connectivity index (χ0v) is 14.5. The molecular weight excluding hydrogens is 316 g/mol. The molecule has 0 amide bonds. The second kappa shape index (κ2) is 6.49. The average Bonchev–Trinajstić information content (AvgIpc) is 2.99. The molecule has 6 nitrogen and oxygen atoms in total. The summed E-state index contributed by atoms with van der Waals surface area (Å²) in [5.41, 5.74) is 1.09. The maximum Gasteiger partial charge on any atom is 0.242 e. The largest absolute Gasteiger partial charge is 0.379 e. The molecule has 0 saturated carbocycles. The minimum atomic E-state index is -3.37. The Bertz CT molecular complexity index is 637. The molecule has 1 atom stereocenters. The van der Waals surface area contributed by atoms with Gasteiger partial charge in [0.25, 0.3) is 0 Å². The third-order valence-corrected chi connectivity index (χ3v) is 6.53. The van der Waals surface area contributed by atoms with Gasteiger partial charge in [-0.15, -0.1) is 0 Å². The Kier molecular flexibility index (Phi) is 4.75. The molecule has 1 unspecified atom stereocenters. The summed E-state index contributed by atoms with van der Waals surface area (Å²) < 4.78 is 36.7. The zero-order chi connectivity index (χ0) is 16.5. The summed E-state index contributed by atoms with van der Waals surface area (Å²) in [4.78, 5) is 2.74. The van der Waals surface area contributed by atoms with Crippen LogP contribution < -0.4 is 0 Å². The molecule has 23 heavy (non-hydrogen) atoms. The van der Waals surface area contributed by atoms with Crippen molar-refractivity contribution in [3.8, 4) is 0 Å². The van der Waals surface area contributed by atoms with Gasteiger partial charge in [-0.05, 0) is 24.1 Å². The second-order valence-corrected chi connectivity index (χ2v) is 8.58. The van der Waals surface area contributed by atoms with Crippen molar-refractivity contribution in [3.05, 3.63) is 29.8 Å². The summed E-state index contributed by atoms with van der Waals surface area (Å²) in [6.45, 7) is 4.59. The first-order valence-electron chi connectivity index (χ1n) is 7.86. The summed E-state index contributed by atoms with van der Waals surface area (Å²) in [6, 6.07) is 7.16. The van der Waals surface area contributed by atoms with Gasteiger partial charge in [0.05, 0.1) is 30.3 Å². The van der Waals surface area contributed by atoms with Gasteiger partial charge in [-0.2, -0.15) is 0 Å². The van der Waals surface area contributed by atoms with Crippen LogP contribution in [-0.2, 0) is 26.0 Å². The highest BCUT2D eigenvalue weighted by Crippen LogP contribution is 2.30. The predicted octanol–water partition coefficient (Wildman–Crippen LogP) is 0.928. The van der Waals surface area contributed by atoms with E-state index in [1.165, 1.54) is 4.31 Å². The van der Waals surface area contributed by atoms with Crippen molar-refractivity contribution < 1.29 is 17.9 Å². The minimum absolute atomic E-state index is 0.0212. The molecule has 0 aromatic heterocycles. The van der Waals surface area contributed by atoms with E-state index in [2.05, 4.69) is 4.90 Å². The van der Waals surface area contributed by atoms with Crippen molar-refractivity contribution in [2.45, 2.75) is 23.4 Å². The van der Waals surface area contributed by atoms with Crippen LogP contribution in [0.15, 0.2) is 29.2 Å². The Hall–Kier alpha value is -0.990. The van der Waals surface area contributed by atoms with Crippen LogP contribution in [0.2, 0.25) is 0 Å². The molecule has 2 aliphatic rings. The smallest absolute Gasteiger partial charge is 0.242 e. The van der Waals surface area contributed by atoms with Crippen LogP contribution in [0.3, 0.4) is 0 Å². The lowest BCUT2D eigenvalue weighted by atomic mass is 9.95. The first kappa shape index (κ1) is 16.9. The molecule has 1 aromatic carbocycles. The lowest BCUT2D eigenvalue weighted by Crippen LogP contribution is -2.56. The van der Waals surface area contributed by atoms with E-state index in [1.54, 1.807) is 26.2 Å². The highest BCUT2D eigenvalue weighted by molar-refractivity contribution is 7.89. The Morgan fingerprint density at radius 1 is 1.13 bits per heavy atom. The fraction of sp³-hybridized carbons (Fsp3) is 0.625. The number of sulfonamides is 1. The number of hydrogen-bond acceptors (Lipinski definition) is 5. The highest BCUT2D eigenvalue weighted by atomic mass is 32.2. The number of ether oxygens (including phenoxy) is 2. The number of hydrogen-bond donors (Lipinski definition) is 0. The lowest BCUT2D eigenvalue weighted by Gasteiger charge is -2.43. The van der Waals surface area contributed by atoms with Crippen LogP contribution in [0, 0.1) is 0 Å². The molecule has 2 saturated heterocycles. The summed E-state index contributed by atoms with van der Waals surface area (Å²) in [5, 5.41) is 0. The minimum Gasteiger partial charge on any atom is -0.379 e. The number of rotatable bonds is 4. The van der Waals surface area contributed by atoms with Crippen LogP contribution in [0.4, 0.5) is 0 Å². The first-order valence-corrected chi connectivity index (χ1v) is 9.30. The first-order chi connectivity index (χ1) is 10.9. The Balaban J connectivity index is 1.75. The molecule has 2 heterocycles. The van der Waals surface area contributed by atoms with E-state index >= 15 is 0 Å². The van der Waals surface area contributed by atoms with Gasteiger partial charge in [0.1, 0.15) is 0 Å². The van der Waals surface area contributed by atoms with Crippen LogP contribution in [0.1, 0.15) is 12.0 Å². The van der Waals surface area contributed by atoms with Gasteiger partial charge in [0.2, 0.25) is 10.0 Å². The molecule has 1 aromatic rings. The SMILES string of the molecule is CN(C)S(=O)(=O)c1ccc(CN2CCOCC23CCOC3)cc1. The number of morpholine rings is 1. The van der Waals surface area contributed by atoms with Crippen LogP contribution in [0.5, 0.6) is 0 Å². The molecule has 1 spiro atoms. The van der Waals surface area contributed by atoms with Gasteiger partial charge in [-0.3, -0.25) is 4.90 Å². The number of nitrogens with zero attached hydrogens (tertiary/aromatic N) is 2. The summed E-state index contributed by atoms with van der Waals surface area (Å²) in [7, 11) is -0.284. The molecule has 0 N–H and O–H groups in total. The monoisotopic (exact) mass is 340 g/mol. The zero-order valence-electron chi connectivity index (χ0n) is 13.7. The maximum atomic E-state index is 12.1. The van der Waals surface area contributed by atoms with Crippen molar-refractivity contribution >= 4 is 10.0 Å². The third-order valence-electron chi connectivity index (χ3n) is 4.70. The van der Waals surface area contributed by atoms with Crippen molar-refractivity contribution in [3.63, 3.8) is 0 Å². The van der Waals surface area contributed by atoms with Crippen molar-refractivity contribution in [2.75, 3.05) is 47.1 Å². The molecule has 2 fully saturated rings. The summed E-state index contributed by atoms with van der Waals surface area (Å²) in [6.07, 6.45) is 0.986. The molecular formula is C16H24N2O4S. The maximum absolute atomic E-state index is 12.1. The molecule has 0 aliphatic carbocycles. The van der Waals surface area contributed by atoms with E-state index in [0.29, 0.717) is 18.1 Å². The van der Waals surface area contributed by atoms with Crippen molar-refractivity contribution in [2.24, 2.45) is 0 Å². The molecule has 0 bridgehead atoms. The topological polar surface area (TPSA) is 59.1 Å². The van der Waals surface area contributed by atoms with E-state index in [9.17, 15) is 8.42 Å². The fourth-order valence-corrected chi connectivity index (χ4v) is 4.07. The van der Waals surface area contributed by atoms with Crippen LogP contribution in [-0.4, -0.2) is 70.2 Å². The summed E-state index contributed by atoms with van der Waals surface area (Å²) >= 11 is 0. The molecule has 128 valence electrons. The van der Waals surface area contributed by atoms with Crippen molar-refractivity contribution in [1.82, 2.24) is 9.21 Å². The second-order valence-electron chi connectivity index (χ2n) is 6.43. The number of benzene rings is 1. The lowest BCUT2D eigenvalue weighted by molar-refractivity contribution is -0.0749. The predicted molar refractivity (Wildman–Crippen MR) is 86.7 cm³/mol. The van der Waals surface area contributed by atoms with Gasteiger partial charge < -0.3 is 9.47 Å². The van der Waals surface area contributed by atoms with Crippen molar-refractivity contribution in [1.29, 1.82) is 0 Å². The third kappa shape index (κ3) is 3.29. The van der Waals surface area contributed by atoms with Gasteiger partial charge in [0.15, 0.2) is 0 Å². The highest BCUT2D eigenvalue weighted by Gasteiger charge is 2.42. The van der Waals surface area contributed by atoms with Gasteiger partial charge >= 0.3 is 0 Å². The van der Waals surface area contributed by atoms with Gasteiger partial charge in [0, 0.05) is 33.8 Å². The van der Waals surface area contributed by atoms with Crippen LogP contribution in [0.25, 0.3) is 0 Å². The van der Waals surface area contributed by atoms with E-state index in [-0.39, 0.29) is 5.54 Å². The fourth-order valence-electron chi connectivity index (χ4n) is 3.17. The normalized spacial score (nSPS) is 26.2. The molecule has 3 rings (SSSR count). The standard InChI is InChI=1S/C16H24N2O4S/c1-17(2)23(19,20)15-5-3-14(4-6-15)11-18-8-10-22-13-16(18)7-9-21-12-16/h3-6H,7-13H2,1-2H3. The Morgan fingerprint density at radius 3 is 2.39 bits per heavy atom. The summed E-state index contributed by atoms with van der Waals surface area (Å²) in [5.74, 6) is 0. The van der Waals surface area contributed by atoms with Gasteiger partial charge in [-0.1, -0.05) is 12.1 Å². The van der Waals surface area contributed by atoms with Gasteiger partial charge in [-0.25, -0.2) is 12.7 Å². The quantitative estimate of drug-likeness (QED) is 0.816. The molecule has 2 aliphatic heterocycles. The average molecular weight is 340 g/mol. The molecule has 0 radical (unpaired) electrons. The van der Waals surface area contributed by atoms with E-state index < -0.39 is 10.0 Å². The molecule has 7 heteroatoms. The Labute approximate surface area is 138 Å². The van der Waals surface area contributed by atoms with E-state index in [1.807, 2.05) is 12.1 Å². The van der Waals surface area contributed by atoms with E-state index in [4.69, 9.17) is 9.47 Å². The Morgan fingerprint density at radius 2 is 1.78 bits per heavy atom. The van der Waals surface area contributed by atoms with E-state index in [0.717, 1.165) is 38.3 Å².